The summed E-state index contributed by atoms with van der Waals surface area (Å²) in [4.78, 5) is 30.2. The summed E-state index contributed by atoms with van der Waals surface area (Å²) in [7, 11) is 6.81. The highest BCUT2D eigenvalue weighted by Crippen LogP contribution is 2.54. The zero-order chi connectivity index (χ0) is 31.6. The van der Waals surface area contributed by atoms with Gasteiger partial charge in [0.2, 0.25) is 5.91 Å². The Labute approximate surface area is 244 Å². The second-order valence-corrected chi connectivity index (χ2v) is 12.9. The number of nitrogens with zero attached hydrogens (tertiary/aromatic N) is 2. The molecule has 3 aliphatic rings. The van der Waals surface area contributed by atoms with Crippen LogP contribution >= 0.6 is 0 Å². The minimum atomic E-state index is -2.52. The Morgan fingerprint density at radius 1 is 1.19 bits per heavy atom. The second kappa shape index (κ2) is 10.6. The van der Waals surface area contributed by atoms with E-state index >= 15 is 0 Å². The molecule has 4 rings (SSSR count). The van der Waals surface area contributed by atoms with Gasteiger partial charge in [-0.25, -0.2) is 0 Å². The Bertz CT molecular complexity index is 1410. The van der Waals surface area contributed by atoms with Gasteiger partial charge in [0.25, 0.3) is 0 Å². The summed E-state index contributed by atoms with van der Waals surface area (Å²) < 4.78 is 0. The topological polar surface area (TPSA) is 216 Å². The van der Waals surface area contributed by atoms with E-state index in [2.05, 4.69) is 10.6 Å². The summed E-state index contributed by atoms with van der Waals surface area (Å²) in [6, 6.07) is 0.649. The number of rotatable bonds is 6. The number of phenolic OH excluding ortho intramolecular Hbond substituents is 1. The molecule has 1 unspecified atom stereocenters. The maximum absolute atomic E-state index is 14.1. The lowest BCUT2D eigenvalue weighted by atomic mass is 9.56. The van der Waals surface area contributed by atoms with E-state index in [0.29, 0.717) is 11.3 Å². The van der Waals surface area contributed by atoms with E-state index in [9.17, 15) is 35.1 Å². The van der Waals surface area contributed by atoms with Crippen molar-refractivity contribution in [2.24, 2.45) is 17.6 Å². The van der Waals surface area contributed by atoms with Crippen LogP contribution in [-0.4, -0.2) is 106 Å². The lowest BCUT2D eigenvalue weighted by Gasteiger charge is -2.53. The Morgan fingerprint density at radius 3 is 2.33 bits per heavy atom. The number of carbonyl (C=O) groups is 2. The summed E-state index contributed by atoms with van der Waals surface area (Å²) in [6.07, 6.45) is -1.76. The van der Waals surface area contributed by atoms with Crippen LogP contribution in [0.15, 0.2) is 23.0 Å². The van der Waals surface area contributed by atoms with Crippen LogP contribution in [-0.2, 0) is 16.0 Å². The first-order valence-corrected chi connectivity index (χ1v) is 13.8. The van der Waals surface area contributed by atoms with E-state index < -0.39 is 69.9 Å². The molecule has 0 heterocycles. The molecule has 0 radical (unpaired) electrons. The molecule has 1 saturated carbocycles. The maximum atomic E-state index is 14.1. The Morgan fingerprint density at radius 2 is 1.81 bits per heavy atom. The molecule has 13 heteroatoms. The minimum Gasteiger partial charge on any atom is -0.510 e. The highest BCUT2D eigenvalue weighted by Gasteiger charge is 2.64. The molecule has 1 aromatic carbocycles. The van der Waals surface area contributed by atoms with E-state index in [1.807, 2.05) is 20.8 Å². The van der Waals surface area contributed by atoms with Crippen molar-refractivity contribution in [2.75, 3.05) is 45.0 Å². The van der Waals surface area contributed by atoms with Crippen molar-refractivity contribution in [1.29, 1.82) is 5.41 Å². The average Bonchev–Trinajstić information content (AvgIpc) is 2.85. The molecular weight excluding hydrogens is 544 g/mol. The molecule has 42 heavy (non-hydrogen) atoms. The van der Waals surface area contributed by atoms with Crippen molar-refractivity contribution >= 4 is 34.7 Å². The molecule has 13 nitrogen and oxygen atoms in total. The average molecular weight is 587 g/mol. The first-order valence-electron chi connectivity index (χ1n) is 13.8. The largest absolute Gasteiger partial charge is 0.510 e. The fourth-order valence-electron chi connectivity index (χ4n) is 6.53. The monoisotopic (exact) mass is 586 g/mol. The number of phenols is 1. The highest BCUT2D eigenvalue weighted by molar-refractivity contribution is 6.12. The summed E-state index contributed by atoms with van der Waals surface area (Å²) >= 11 is 0. The Hall–Kier alpha value is -3.65. The fourth-order valence-corrected chi connectivity index (χ4v) is 6.53. The predicted molar refractivity (Wildman–Crippen MR) is 159 cm³/mol. The molecule has 10 N–H and O–H groups in total. The number of ketones is 1. The van der Waals surface area contributed by atoms with Gasteiger partial charge >= 0.3 is 0 Å². The number of hydrogen-bond donors (Lipinski definition) is 9. The van der Waals surface area contributed by atoms with Crippen molar-refractivity contribution in [1.82, 2.24) is 10.2 Å². The van der Waals surface area contributed by atoms with E-state index in [1.165, 1.54) is 0 Å². The van der Waals surface area contributed by atoms with Gasteiger partial charge in [0.1, 0.15) is 29.2 Å². The number of nitrogens with two attached hydrogens (primary N) is 1. The summed E-state index contributed by atoms with van der Waals surface area (Å²) in [5.41, 5.74) is 3.27. The first-order chi connectivity index (χ1) is 19.3. The van der Waals surface area contributed by atoms with Crippen molar-refractivity contribution in [3.05, 3.63) is 34.1 Å². The summed E-state index contributed by atoms with van der Waals surface area (Å²) in [6.45, 7) is 5.67. The zero-order valence-electron chi connectivity index (χ0n) is 25.0. The van der Waals surface area contributed by atoms with Crippen LogP contribution in [0.1, 0.15) is 38.3 Å². The number of amides is 1. The molecule has 1 amide bonds. The van der Waals surface area contributed by atoms with Crippen molar-refractivity contribution in [3.63, 3.8) is 0 Å². The van der Waals surface area contributed by atoms with E-state index in [4.69, 9.17) is 11.1 Å². The second-order valence-electron chi connectivity index (χ2n) is 12.9. The number of aliphatic hydroxyl groups excluding tert-OH is 3. The van der Waals surface area contributed by atoms with E-state index in [-0.39, 0.29) is 41.7 Å². The molecule has 1 aromatic rings. The Balaban J connectivity index is 1.87. The zero-order valence-corrected chi connectivity index (χ0v) is 25.0. The van der Waals surface area contributed by atoms with Gasteiger partial charge in [0.15, 0.2) is 11.4 Å². The number of anilines is 2. The lowest BCUT2D eigenvalue weighted by Crippen LogP contribution is -2.68. The van der Waals surface area contributed by atoms with Gasteiger partial charge in [-0.15, -0.1) is 0 Å². The van der Waals surface area contributed by atoms with Gasteiger partial charge in [-0.05, 0) is 65.3 Å². The normalized spacial score (nSPS) is 27.4. The highest BCUT2D eigenvalue weighted by atomic mass is 16.4. The number of amidine groups is 1. The van der Waals surface area contributed by atoms with Crippen molar-refractivity contribution in [3.8, 4) is 5.75 Å². The number of hydrogen-bond acceptors (Lipinski definition) is 11. The molecule has 230 valence electrons. The molecule has 5 atom stereocenters. The van der Waals surface area contributed by atoms with Gasteiger partial charge in [-0.2, -0.15) is 0 Å². The number of benzene rings is 1. The first kappa shape index (κ1) is 31.3. The SMILES string of the molecule is CN(C)c1cc(NC(=O)CNC(C)(C)C)c(O)c2c1C[C@H]1C[C@H]3[C@H](N(C)C)C(O)=C(C(=N)N)C(O)[C@@]3(O)C(=O)C1=C2O. The number of fused-ring (bicyclic) bond motifs is 3. The quantitative estimate of drug-likeness (QED) is 0.128. The molecular formula is C29H42N6O7. The fraction of sp³-hybridized carbons (Fsp3) is 0.552. The molecule has 0 aliphatic heterocycles. The smallest absolute Gasteiger partial charge is 0.238 e. The molecule has 1 fully saturated rings. The number of carbonyl (C=O) groups excluding carboxylic acids is 2. The minimum absolute atomic E-state index is 0.0284. The van der Waals surface area contributed by atoms with Gasteiger partial charge in [0.05, 0.1) is 29.4 Å². The maximum Gasteiger partial charge on any atom is 0.238 e. The van der Waals surface area contributed by atoms with Crippen LogP contribution < -0.4 is 21.3 Å². The van der Waals surface area contributed by atoms with E-state index in [1.54, 1.807) is 44.1 Å². The summed E-state index contributed by atoms with van der Waals surface area (Å²) in [5.74, 6) is -5.16. The third-order valence-electron chi connectivity index (χ3n) is 8.46. The van der Waals surface area contributed by atoms with Crippen LogP contribution in [0.3, 0.4) is 0 Å². The van der Waals surface area contributed by atoms with Gasteiger partial charge < -0.3 is 46.8 Å². The number of likely N-dealkylation sites (N-methyl/N-ethyl adjacent to an activating group) is 1. The predicted octanol–water partition coefficient (Wildman–Crippen LogP) is 0.599. The molecule has 0 spiro atoms. The number of aromatic hydroxyl groups is 1. The molecule has 0 saturated heterocycles. The third-order valence-corrected chi connectivity index (χ3v) is 8.46. The van der Waals surface area contributed by atoms with Crippen LogP contribution in [0, 0.1) is 17.2 Å². The van der Waals surface area contributed by atoms with Crippen molar-refractivity contribution < 1.29 is 35.1 Å². The Kier molecular flexibility index (Phi) is 7.87. The van der Waals surface area contributed by atoms with Gasteiger partial charge in [-0.1, -0.05) is 0 Å². The standard InChI is InChI=1S/C29H42N6O7/c1-28(2,3)32-11-17(36)33-15-10-16(34(4)5)13-8-12-9-14-21(35(6)7)24(39)20(27(30)31)26(41)29(14,42)25(40)18(12)23(38)19(13)22(15)37/h10,12,14,21,26,32,37-39,41-42H,8-9,11H2,1-7H3,(H3,30,31)(H,33,36)/t12-,14-,21-,26?,29-/m0/s1. The molecule has 0 aromatic heterocycles. The van der Waals surface area contributed by atoms with Crippen LogP contribution in [0.2, 0.25) is 0 Å². The lowest BCUT2D eigenvalue weighted by molar-refractivity contribution is -0.168. The molecule has 0 bridgehead atoms. The third kappa shape index (κ3) is 4.89. The van der Waals surface area contributed by atoms with E-state index in [0.717, 1.165) is 0 Å². The van der Waals surface area contributed by atoms with Crippen LogP contribution in [0.4, 0.5) is 11.4 Å². The van der Waals surface area contributed by atoms with Crippen molar-refractivity contribution in [2.45, 2.75) is 56.9 Å². The number of aliphatic hydroxyl groups is 4. The van der Waals surface area contributed by atoms with Crippen LogP contribution in [0.5, 0.6) is 5.75 Å². The molecule has 3 aliphatic carbocycles. The van der Waals surface area contributed by atoms with Crippen LogP contribution in [0.25, 0.3) is 5.76 Å². The number of Topliss-reactive ketones (excluding diaryl/α,β-unsaturated/α-hetero) is 1. The number of nitrogens with one attached hydrogen (secondary N) is 3. The van der Waals surface area contributed by atoms with Gasteiger partial charge in [-0.3, -0.25) is 19.9 Å². The summed E-state index contributed by atoms with van der Waals surface area (Å²) in [5, 5.41) is 70.7. The van der Waals surface area contributed by atoms with Gasteiger partial charge in [0, 0.05) is 36.8 Å².